The predicted molar refractivity (Wildman–Crippen MR) is 79.5 cm³/mol. The normalized spacial score (nSPS) is 10.8. The average molecular weight is 365 g/mol. The molecule has 0 atom stereocenters. The first-order chi connectivity index (χ1) is 8.24. The molecule has 0 spiro atoms. The van der Waals surface area contributed by atoms with Crippen molar-refractivity contribution in [1.82, 2.24) is 5.32 Å². The number of halogens is 2. The predicted octanol–water partition coefficient (Wildman–Crippen LogP) is 3.77. The van der Waals surface area contributed by atoms with Crippen LogP contribution >= 0.6 is 31.9 Å². The molecule has 1 aromatic carbocycles. The maximum Gasteiger partial charge on any atom is 0.0587 e. The minimum atomic E-state index is 0.789. The lowest BCUT2D eigenvalue weighted by Gasteiger charge is -2.06. The molecular formula is C13H19Br2NO. The van der Waals surface area contributed by atoms with Crippen LogP contribution in [-0.4, -0.2) is 26.8 Å². The average Bonchev–Trinajstić information content (AvgIpc) is 2.32. The molecule has 0 aliphatic heterocycles. The molecule has 0 fully saturated rings. The van der Waals surface area contributed by atoms with Crippen LogP contribution in [0.4, 0.5) is 0 Å². The van der Waals surface area contributed by atoms with E-state index < -0.39 is 0 Å². The quantitative estimate of drug-likeness (QED) is 0.709. The van der Waals surface area contributed by atoms with Crippen LogP contribution in [0.3, 0.4) is 0 Å². The van der Waals surface area contributed by atoms with Gasteiger partial charge in [0.1, 0.15) is 0 Å². The second-order valence-electron chi connectivity index (χ2n) is 3.94. The van der Waals surface area contributed by atoms with E-state index in [9.17, 15) is 0 Å². The highest BCUT2D eigenvalue weighted by atomic mass is 79.9. The van der Waals surface area contributed by atoms with E-state index in [0.717, 1.165) is 30.6 Å². The van der Waals surface area contributed by atoms with Gasteiger partial charge in [-0.05, 0) is 49.6 Å². The van der Waals surface area contributed by atoms with Crippen LogP contribution in [0.15, 0.2) is 27.1 Å². The van der Waals surface area contributed by atoms with Crippen LogP contribution in [0.5, 0.6) is 0 Å². The van der Waals surface area contributed by atoms with Gasteiger partial charge in [0.25, 0.3) is 0 Å². The van der Waals surface area contributed by atoms with Gasteiger partial charge in [-0.3, -0.25) is 0 Å². The molecule has 0 aromatic heterocycles. The zero-order chi connectivity index (χ0) is 12.5. The molecule has 0 saturated carbocycles. The van der Waals surface area contributed by atoms with Crippen molar-refractivity contribution in [2.45, 2.75) is 19.3 Å². The lowest BCUT2D eigenvalue weighted by atomic mass is 10.1. The molecule has 0 bridgehead atoms. The Bertz CT molecular complexity index is 331. The first kappa shape index (κ1) is 15.2. The van der Waals surface area contributed by atoms with Gasteiger partial charge < -0.3 is 10.1 Å². The van der Waals surface area contributed by atoms with E-state index >= 15 is 0 Å². The molecule has 0 unspecified atom stereocenters. The fourth-order valence-electron chi connectivity index (χ4n) is 1.60. The van der Waals surface area contributed by atoms with Gasteiger partial charge in [0.2, 0.25) is 0 Å². The van der Waals surface area contributed by atoms with Crippen LogP contribution in [0.2, 0.25) is 0 Å². The smallest absolute Gasteiger partial charge is 0.0587 e. The molecule has 17 heavy (non-hydrogen) atoms. The van der Waals surface area contributed by atoms with Gasteiger partial charge in [-0.25, -0.2) is 0 Å². The molecule has 1 aromatic rings. The van der Waals surface area contributed by atoms with Crippen molar-refractivity contribution >= 4 is 31.9 Å². The zero-order valence-electron chi connectivity index (χ0n) is 10.1. The second kappa shape index (κ2) is 9.09. The third-order valence-corrected chi connectivity index (χ3v) is 3.81. The summed E-state index contributed by atoms with van der Waals surface area (Å²) in [6, 6.07) is 6.33. The van der Waals surface area contributed by atoms with Crippen LogP contribution < -0.4 is 5.32 Å². The van der Waals surface area contributed by atoms with Gasteiger partial charge in [0.15, 0.2) is 0 Å². The first-order valence-corrected chi connectivity index (χ1v) is 7.46. The summed E-state index contributed by atoms with van der Waals surface area (Å²) in [6.45, 7) is 2.79. The van der Waals surface area contributed by atoms with Gasteiger partial charge in [-0.15, -0.1) is 0 Å². The van der Waals surface area contributed by atoms with Crippen LogP contribution in [0.25, 0.3) is 0 Å². The Kier molecular flexibility index (Phi) is 8.10. The van der Waals surface area contributed by atoms with Crippen LogP contribution in [0, 0.1) is 0 Å². The number of ether oxygens (including phenoxy) is 1. The molecular weight excluding hydrogens is 346 g/mol. The van der Waals surface area contributed by atoms with E-state index in [0.29, 0.717) is 0 Å². The summed E-state index contributed by atoms with van der Waals surface area (Å²) in [5.74, 6) is 0. The Morgan fingerprint density at radius 3 is 2.76 bits per heavy atom. The van der Waals surface area contributed by atoms with Crippen molar-refractivity contribution in [3.05, 3.63) is 32.7 Å². The van der Waals surface area contributed by atoms with E-state index in [1.54, 1.807) is 7.11 Å². The summed E-state index contributed by atoms with van der Waals surface area (Å²) in [5.41, 5.74) is 1.37. The molecule has 96 valence electrons. The van der Waals surface area contributed by atoms with Gasteiger partial charge in [0.05, 0.1) is 6.61 Å². The number of unbranched alkanes of at least 4 members (excludes halogenated alkanes) is 1. The van der Waals surface area contributed by atoms with E-state index in [2.05, 4.69) is 55.4 Å². The number of hydrogen-bond acceptors (Lipinski definition) is 2. The van der Waals surface area contributed by atoms with E-state index in [4.69, 9.17) is 4.74 Å². The lowest BCUT2D eigenvalue weighted by molar-refractivity contribution is 0.199. The molecule has 4 heteroatoms. The van der Waals surface area contributed by atoms with Gasteiger partial charge in [-0.1, -0.05) is 31.9 Å². The first-order valence-electron chi connectivity index (χ1n) is 5.87. The Labute approximate surface area is 120 Å². The Morgan fingerprint density at radius 2 is 2.00 bits per heavy atom. The van der Waals surface area contributed by atoms with E-state index in [1.807, 2.05) is 0 Å². The van der Waals surface area contributed by atoms with Crippen molar-refractivity contribution in [2.75, 3.05) is 26.8 Å². The zero-order valence-corrected chi connectivity index (χ0v) is 13.3. The number of rotatable bonds is 8. The summed E-state index contributed by atoms with van der Waals surface area (Å²) in [4.78, 5) is 0. The van der Waals surface area contributed by atoms with Crippen LogP contribution in [0.1, 0.15) is 18.4 Å². The van der Waals surface area contributed by atoms with Crippen molar-refractivity contribution < 1.29 is 4.74 Å². The van der Waals surface area contributed by atoms with Crippen molar-refractivity contribution in [3.63, 3.8) is 0 Å². The van der Waals surface area contributed by atoms with Gasteiger partial charge >= 0.3 is 0 Å². The van der Waals surface area contributed by atoms with Crippen LogP contribution in [-0.2, 0) is 11.2 Å². The Balaban J connectivity index is 2.15. The minimum Gasteiger partial charge on any atom is -0.383 e. The summed E-state index contributed by atoms with van der Waals surface area (Å²) in [6.07, 6.45) is 3.52. The fourth-order valence-corrected chi connectivity index (χ4v) is 2.45. The summed E-state index contributed by atoms with van der Waals surface area (Å²) < 4.78 is 7.32. The topological polar surface area (TPSA) is 21.3 Å². The molecule has 0 aliphatic rings. The fraction of sp³-hybridized carbons (Fsp3) is 0.538. The van der Waals surface area contributed by atoms with Crippen molar-refractivity contribution in [1.29, 1.82) is 0 Å². The largest absolute Gasteiger partial charge is 0.383 e. The number of benzene rings is 1. The summed E-state index contributed by atoms with van der Waals surface area (Å²) in [5, 5.41) is 3.35. The van der Waals surface area contributed by atoms with Crippen molar-refractivity contribution in [2.24, 2.45) is 0 Å². The lowest BCUT2D eigenvalue weighted by Crippen LogP contribution is -2.20. The third kappa shape index (κ3) is 6.55. The highest BCUT2D eigenvalue weighted by molar-refractivity contribution is 9.11. The number of aryl methyl sites for hydroxylation is 1. The van der Waals surface area contributed by atoms with Gasteiger partial charge in [-0.2, -0.15) is 0 Å². The Morgan fingerprint density at radius 1 is 1.18 bits per heavy atom. The second-order valence-corrected chi connectivity index (χ2v) is 5.71. The number of methoxy groups -OCH3 is 1. The van der Waals surface area contributed by atoms with Crippen molar-refractivity contribution in [3.8, 4) is 0 Å². The molecule has 2 nitrogen and oxygen atoms in total. The van der Waals surface area contributed by atoms with Gasteiger partial charge in [0, 0.05) is 22.6 Å². The Hall–Kier alpha value is 0.1000. The standard InChI is InChI=1S/C13H19Br2NO/c1-17-9-8-16-7-3-2-4-11-10-12(14)5-6-13(11)15/h5-6,10,16H,2-4,7-9H2,1H3. The molecule has 0 aliphatic carbocycles. The maximum absolute atomic E-state index is 4.97. The highest BCUT2D eigenvalue weighted by Gasteiger charge is 2.00. The van der Waals surface area contributed by atoms with E-state index in [-0.39, 0.29) is 0 Å². The number of hydrogen-bond donors (Lipinski definition) is 1. The monoisotopic (exact) mass is 363 g/mol. The van der Waals surface area contributed by atoms with E-state index in [1.165, 1.54) is 22.9 Å². The summed E-state index contributed by atoms with van der Waals surface area (Å²) >= 11 is 7.08. The molecule has 0 radical (unpaired) electrons. The molecule has 1 N–H and O–H groups in total. The molecule has 0 amide bonds. The molecule has 1 rings (SSSR count). The SMILES string of the molecule is COCCNCCCCc1cc(Br)ccc1Br. The number of nitrogens with one attached hydrogen (secondary N) is 1. The molecule has 0 heterocycles. The molecule has 0 saturated heterocycles. The third-order valence-electron chi connectivity index (χ3n) is 2.54. The minimum absolute atomic E-state index is 0.789. The summed E-state index contributed by atoms with van der Waals surface area (Å²) in [7, 11) is 1.73. The highest BCUT2D eigenvalue weighted by Crippen LogP contribution is 2.22. The maximum atomic E-state index is 4.97.